The first-order valence-electron chi connectivity index (χ1n) is 7.83. The topological polar surface area (TPSA) is 106 Å². The van der Waals surface area contributed by atoms with E-state index in [0.29, 0.717) is 17.6 Å². The highest BCUT2D eigenvalue weighted by Crippen LogP contribution is 2.47. The van der Waals surface area contributed by atoms with Crippen molar-refractivity contribution in [3.63, 3.8) is 0 Å². The number of furan rings is 1. The van der Waals surface area contributed by atoms with Crippen LogP contribution in [0.25, 0.3) is 6.08 Å². The Balaban J connectivity index is 1.79. The SMILES string of the molecule is C[C@@H]1C[C@@H]1c1ccc(/C=C(\C#N)C(=O)Nc2ccccc2C(=O)[O-])o1. The first-order chi connectivity index (χ1) is 12.0. The lowest BCUT2D eigenvalue weighted by molar-refractivity contribution is -0.254. The molecule has 0 unspecified atom stereocenters. The maximum atomic E-state index is 12.3. The number of carbonyl (C=O) groups excluding carboxylic acids is 2. The van der Waals surface area contributed by atoms with Gasteiger partial charge in [0.25, 0.3) is 5.91 Å². The number of carbonyl (C=O) groups is 2. The molecule has 1 aromatic carbocycles. The van der Waals surface area contributed by atoms with E-state index >= 15 is 0 Å². The van der Waals surface area contributed by atoms with E-state index < -0.39 is 11.9 Å². The molecule has 126 valence electrons. The van der Waals surface area contributed by atoms with Crippen LogP contribution in [-0.4, -0.2) is 11.9 Å². The average Bonchev–Trinajstić information content (AvgIpc) is 3.14. The first-order valence-corrected chi connectivity index (χ1v) is 7.83. The van der Waals surface area contributed by atoms with Gasteiger partial charge in [0.05, 0.1) is 11.7 Å². The molecule has 1 aliphatic carbocycles. The van der Waals surface area contributed by atoms with Crippen molar-refractivity contribution < 1.29 is 19.1 Å². The molecule has 0 radical (unpaired) electrons. The van der Waals surface area contributed by atoms with Crippen molar-refractivity contribution in [2.75, 3.05) is 5.32 Å². The minimum atomic E-state index is -1.41. The van der Waals surface area contributed by atoms with Crippen molar-refractivity contribution in [2.24, 2.45) is 5.92 Å². The average molecular weight is 335 g/mol. The number of rotatable bonds is 5. The molecule has 0 bridgehead atoms. The van der Waals surface area contributed by atoms with E-state index in [0.717, 1.165) is 12.2 Å². The zero-order valence-electron chi connectivity index (χ0n) is 13.5. The van der Waals surface area contributed by atoms with Gasteiger partial charge in [-0.25, -0.2) is 0 Å². The second-order valence-corrected chi connectivity index (χ2v) is 6.02. The number of aromatic carboxylic acids is 1. The lowest BCUT2D eigenvalue weighted by Crippen LogP contribution is -2.25. The van der Waals surface area contributed by atoms with Crippen LogP contribution < -0.4 is 10.4 Å². The van der Waals surface area contributed by atoms with E-state index in [9.17, 15) is 20.0 Å². The molecule has 2 atom stereocenters. The summed E-state index contributed by atoms with van der Waals surface area (Å²) < 4.78 is 5.66. The van der Waals surface area contributed by atoms with E-state index in [1.54, 1.807) is 12.1 Å². The molecule has 6 nitrogen and oxygen atoms in total. The third-order valence-electron chi connectivity index (χ3n) is 4.17. The predicted molar refractivity (Wildman–Crippen MR) is 88.2 cm³/mol. The lowest BCUT2D eigenvalue weighted by atomic mass is 10.1. The molecule has 1 fully saturated rings. The van der Waals surface area contributed by atoms with Crippen LogP contribution >= 0.6 is 0 Å². The number of hydrogen-bond acceptors (Lipinski definition) is 5. The number of amides is 1. The van der Waals surface area contributed by atoms with Crippen LogP contribution in [0.1, 0.15) is 41.1 Å². The van der Waals surface area contributed by atoms with Gasteiger partial charge in [-0.1, -0.05) is 25.1 Å². The van der Waals surface area contributed by atoms with Crippen LogP contribution in [-0.2, 0) is 4.79 Å². The van der Waals surface area contributed by atoms with Crippen molar-refractivity contribution in [2.45, 2.75) is 19.3 Å². The van der Waals surface area contributed by atoms with Gasteiger partial charge < -0.3 is 19.6 Å². The molecule has 1 aliphatic rings. The van der Waals surface area contributed by atoms with Crippen LogP contribution in [0.4, 0.5) is 5.69 Å². The molecule has 3 rings (SSSR count). The van der Waals surface area contributed by atoms with Gasteiger partial charge >= 0.3 is 0 Å². The summed E-state index contributed by atoms with van der Waals surface area (Å²) in [7, 11) is 0. The molecule has 1 aromatic heterocycles. The maximum absolute atomic E-state index is 12.3. The molecule has 0 saturated heterocycles. The fourth-order valence-electron chi connectivity index (χ4n) is 2.61. The number of nitrogens with zero attached hydrogens (tertiary/aromatic N) is 1. The summed E-state index contributed by atoms with van der Waals surface area (Å²) in [5, 5.41) is 22.7. The predicted octanol–water partition coefficient (Wildman–Crippen LogP) is 2.31. The highest BCUT2D eigenvalue weighted by molar-refractivity contribution is 6.11. The zero-order valence-corrected chi connectivity index (χ0v) is 13.5. The fourth-order valence-corrected chi connectivity index (χ4v) is 2.61. The highest BCUT2D eigenvalue weighted by Gasteiger charge is 2.36. The normalized spacial score (nSPS) is 19.1. The minimum Gasteiger partial charge on any atom is -0.545 e. The summed E-state index contributed by atoms with van der Waals surface area (Å²) in [5.41, 5.74) is -0.269. The van der Waals surface area contributed by atoms with E-state index in [1.807, 2.05) is 12.1 Å². The summed E-state index contributed by atoms with van der Waals surface area (Å²) in [6, 6.07) is 11.2. The van der Waals surface area contributed by atoms with E-state index in [4.69, 9.17) is 4.42 Å². The molecule has 25 heavy (non-hydrogen) atoms. The number of benzene rings is 1. The van der Waals surface area contributed by atoms with Crippen molar-refractivity contribution in [1.29, 1.82) is 5.26 Å². The number of nitrogens with one attached hydrogen (secondary N) is 1. The van der Waals surface area contributed by atoms with Crippen molar-refractivity contribution in [1.82, 2.24) is 0 Å². The Kier molecular flexibility index (Phi) is 4.40. The van der Waals surface area contributed by atoms with Crippen LogP contribution in [0, 0.1) is 17.2 Å². The quantitative estimate of drug-likeness (QED) is 0.666. The van der Waals surface area contributed by atoms with Crippen molar-refractivity contribution in [3.05, 3.63) is 59.1 Å². The van der Waals surface area contributed by atoms with Gasteiger partial charge in [0.2, 0.25) is 0 Å². The monoisotopic (exact) mass is 335 g/mol. The van der Waals surface area contributed by atoms with Gasteiger partial charge in [0.15, 0.2) is 0 Å². The van der Waals surface area contributed by atoms with Crippen molar-refractivity contribution >= 4 is 23.6 Å². The zero-order chi connectivity index (χ0) is 18.0. The molecular formula is C19H15N2O4-. The van der Waals surface area contributed by atoms with Crippen LogP contribution in [0.2, 0.25) is 0 Å². The fraction of sp³-hybridized carbons (Fsp3) is 0.211. The summed E-state index contributed by atoms with van der Waals surface area (Å²) in [6.07, 6.45) is 2.41. The second-order valence-electron chi connectivity index (χ2n) is 6.02. The summed E-state index contributed by atoms with van der Waals surface area (Å²) in [4.78, 5) is 23.3. The van der Waals surface area contributed by atoms with Crippen LogP contribution in [0.3, 0.4) is 0 Å². The third-order valence-corrected chi connectivity index (χ3v) is 4.17. The molecule has 1 saturated carbocycles. The Bertz CT molecular complexity index is 904. The number of carboxylic acids is 1. The Morgan fingerprint density at radius 1 is 1.32 bits per heavy atom. The van der Waals surface area contributed by atoms with E-state index in [-0.39, 0.29) is 16.8 Å². The van der Waals surface area contributed by atoms with Gasteiger partial charge in [0, 0.05) is 17.6 Å². The summed E-state index contributed by atoms with van der Waals surface area (Å²) >= 11 is 0. The van der Waals surface area contributed by atoms with Gasteiger partial charge in [0.1, 0.15) is 23.2 Å². The number of nitriles is 1. The molecule has 1 amide bonds. The Hall–Kier alpha value is -3.33. The van der Waals surface area contributed by atoms with Gasteiger partial charge in [-0.2, -0.15) is 5.26 Å². The van der Waals surface area contributed by atoms with Gasteiger partial charge in [-0.15, -0.1) is 0 Å². The molecular weight excluding hydrogens is 320 g/mol. The number of anilines is 1. The third kappa shape index (κ3) is 3.61. The maximum Gasteiger partial charge on any atom is 0.266 e. The smallest absolute Gasteiger partial charge is 0.266 e. The molecule has 1 heterocycles. The number of hydrogen-bond donors (Lipinski definition) is 1. The standard InChI is InChI=1S/C19H16N2O4/c1-11-8-15(11)17-7-6-13(25-17)9-12(10-20)18(22)21-16-5-3-2-4-14(16)19(23)24/h2-7,9,11,15H,8H2,1H3,(H,21,22)(H,23,24)/p-1/b12-9+/t11-,15+/m1/s1. The largest absolute Gasteiger partial charge is 0.545 e. The molecule has 2 aromatic rings. The van der Waals surface area contributed by atoms with E-state index in [1.165, 1.54) is 24.3 Å². The second kappa shape index (κ2) is 6.65. The summed E-state index contributed by atoms with van der Waals surface area (Å²) in [5.74, 6) is 0.119. The van der Waals surface area contributed by atoms with Gasteiger partial charge in [-0.05, 0) is 30.5 Å². The number of para-hydroxylation sites is 1. The summed E-state index contributed by atoms with van der Waals surface area (Å²) in [6.45, 7) is 2.13. The Morgan fingerprint density at radius 2 is 2.04 bits per heavy atom. The van der Waals surface area contributed by atoms with E-state index in [2.05, 4.69) is 12.2 Å². The van der Waals surface area contributed by atoms with Crippen LogP contribution in [0.5, 0.6) is 0 Å². The minimum absolute atomic E-state index is 0.0700. The number of carboxylic acid groups (broad SMARTS) is 1. The molecule has 0 spiro atoms. The lowest BCUT2D eigenvalue weighted by Gasteiger charge is -2.10. The molecule has 0 aliphatic heterocycles. The first kappa shape index (κ1) is 16.5. The Morgan fingerprint density at radius 3 is 2.68 bits per heavy atom. The van der Waals surface area contributed by atoms with Crippen LogP contribution in [0.15, 0.2) is 46.4 Å². The molecule has 1 N–H and O–H groups in total. The highest BCUT2D eigenvalue weighted by atomic mass is 16.4. The molecule has 6 heteroatoms. The van der Waals surface area contributed by atoms with Crippen molar-refractivity contribution in [3.8, 4) is 6.07 Å². The van der Waals surface area contributed by atoms with Gasteiger partial charge in [-0.3, -0.25) is 4.79 Å². The Labute approximate surface area is 144 Å².